The summed E-state index contributed by atoms with van der Waals surface area (Å²) in [6.45, 7) is 7.89. The molecule has 0 aliphatic heterocycles. The Labute approximate surface area is 116 Å². The molecule has 0 atom stereocenters. The molecule has 0 amide bonds. The maximum Gasteiger partial charge on any atom is 0.0205 e. The lowest BCUT2D eigenvalue weighted by atomic mass is 10.2. The van der Waals surface area contributed by atoms with Crippen molar-refractivity contribution in [2.24, 2.45) is 0 Å². The maximum atomic E-state index is 3.75. The molecule has 0 unspecified atom stereocenters. The van der Waals surface area contributed by atoms with Crippen LogP contribution in [0.15, 0.2) is 41.8 Å². The smallest absolute Gasteiger partial charge is 0.0205 e. The molecule has 1 rings (SSSR count). The first-order chi connectivity index (χ1) is 8.86. The van der Waals surface area contributed by atoms with E-state index in [1.165, 1.54) is 35.5 Å². The Hall–Kier alpha value is -0.730. The van der Waals surface area contributed by atoms with Crippen LogP contribution in [0, 0.1) is 0 Å². The van der Waals surface area contributed by atoms with Gasteiger partial charge >= 0.3 is 0 Å². The summed E-state index contributed by atoms with van der Waals surface area (Å²) in [5.41, 5.74) is 1.38. The van der Waals surface area contributed by atoms with Crippen molar-refractivity contribution in [2.75, 3.05) is 12.3 Å². The van der Waals surface area contributed by atoms with Gasteiger partial charge in [0.05, 0.1) is 0 Å². The van der Waals surface area contributed by atoms with E-state index in [0.717, 1.165) is 19.5 Å². The highest BCUT2D eigenvalue weighted by atomic mass is 32.2. The van der Waals surface area contributed by atoms with Crippen LogP contribution in [0.3, 0.4) is 0 Å². The van der Waals surface area contributed by atoms with Gasteiger partial charge in [-0.15, -0.1) is 18.3 Å². The molecule has 0 saturated heterocycles. The minimum Gasteiger partial charge on any atom is -0.313 e. The van der Waals surface area contributed by atoms with Crippen LogP contribution in [0.25, 0.3) is 0 Å². The van der Waals surface area contributed by atoms with Gasteiger partial charge in [-0.2, -0.15) is 0 Å². The number of hydrogen-bond acceptors (Lipinski definition) is 2. The van der Waals surface area contributed by atoms with Crippen molar-refractivity contribution in [1.82, 2.24) is 5.32 Å². The van der Waals surface area contributed by atoms with Crippen LogP contribution in [-0.2, 0) is 6.54 Å². The normalized spacial score (nSPS) is 10.5. The molecule has 0 spiro atoms. The van der Waals surface area contributed by atoms with Crippen molar-refractivity contribution < 1.29 is 0 Å². The van der Waals surface area contributed by atoms with Gasteiger partial charge in [-0.1, -0.05) is 31.6 Å². The number of allylic oxidation sites excluding steroid dienone is 1. The van der Waals surface area contributed by atoms with Crippen LogP contribution in [0.1, 0.15) is 38.2 Å². The van der Waals surface area contributed by atoms with E-state index >= 15 is 0 Å². The largest absolute Gasteiger partial charge is 0.313 e. The highest BCUT2D eigenvalue weighted by Crippen LogP contribution is 2.21. The van der Waals surface area contributed by atoms with Crippen LogP contribution in [0.5, 0.6) is 0 Å². The molecule has 0 aliphatic carbocycles. The van der Waals surface area contributed by atoms with Gasteiger partial charge in [0, 0.05) is 11.4 Å². The van der Waals surface area contributed by atoms with E-state index in [0.29, 0.717) is 0 Å². The second-order valence-corrected chi connectivity index (χ2v) is 5.58. The van der Waals surface area contributed by atoms with E-state index in [1.54, 1.807) is 0 Å². The molecule has 0 bridgehead atoms. The maximum absolute atomic E-state index is 3.75. The van der Waals surface area contributed by atoms with Crippen molar-refractivity contribution >= 4 is 11.8 Å². The van der Waals surface area contributed by atoms with Gasteiger partial charge in [0.15, 0.2) is 0 Å². The molecule has 1 aromatic rings. The van der Waals surface area contributed by atoms with E-state index in [4.69, 9.17) is 0 Å². The minimum atomic E-state index is 0.976. The Morgan fingerprint density at radius 2 is 2.17 bits per heavy atom. The molecule has 1 nitrogen and oxygen atoms in total. The molecule has 0 radical (unpaired) electrons. The number of hydrogen-bond donors (Lipinski definition) is 1. The Balaban J connectivity index is 2.22. The quantitative estimate of drug-likeness (QED) is 0.375. The molecule has 0 fully saturated rings. The first-order valence-electron chi connectivity index (χ1n) is 6.90. The molecular weight excluding hydrogens is 238 g/mol. The van der Waals surface area contributed by atoms with Gasteiger partial charge in [0.1, 0.15) is 0 Å². The van der Waals surface area contributed by atoms with Crippen molar-refractivity contribution in [3.05, 3.63) is 42.5 Å². The predicted octanol–water partition coefficient (Wildman–Crippen LogP) is 4.63. The first kappa shape index (κ1) is 15.3. The average molecular weight is 263 g/mol. The fourth-order valence-electron chi connectivity index (χ4n) is 1.77. The predicted molar refractivity (Wildman–Crippen MR) is 83.2 cm³/mol. The third kappa shape index (κ3) is 6.87. The SMILES string of the molecule is C=CCCCCCSc1cccc(CNCC)c1. The monoisotopic (exact) mass is 263 g/mol. The van der Waals surface area contributed by atoms with Crippen LogP contribution < -0.4 is 5.32 Å². The summed E-state index contributed by atoms with van der Waals surface area (Å²) in [5.74, 6) is 1.22. The highest BCUT2D eigenvalue weighted by Gasteiger charge is 1.97. The third-order valence-electron chi connectivity index (χ3n) is 2.80. The van der Waals surface area contributed by atoms with Crippen LogP contribution in [0.4, 0.5) is 0 Å². The number of nitrogens with one attached hydrogen (secondary N) is 1. The zero-order valence-electron chi connectivity index (χ0n) is 11.5. The molecule has 100 valence electrons. The second kappa shape index (κ2) is 10.2. The molecular formula is C16H25NS. The third-order valence-corrected chi connectivity index (χ3v) is 3.88. The number of rotatable bonds is 10. The molecule has 18 heavy (non-hydrogen) atoms. The van der Waals surface area contributed by atoms with Gasteiger partial charge in [-0.05, 0) is 49.3 Å². The zero-order valence-corrected chi connectivity index (χ0v) is 12.3. The standard InChI is InChI=1S/C16H25NS/c1-3-5-6-7-8-12-18-16-11-9-10-15(13-16)14-17-4-2/h3,9-11,13,17H,1,4-8,12,14H2,2H3. The summed E-state index contributed by atoms with van der Waals surface area (Å²) >= 11 is 1.97. The van der Waals surface area contributed by atoms with Gasteiger partial charge in [-0.3, -0.25) is 0 Å². The van der Waals surface area contributed by atoms with Crippen molar-refractivity contribution in [3.63, 3.8) is 0 Å². The Kier molecular flexibility index (Phi) is 8.70. The van der Waals surface area contributed by atoms with Gasteiger partial charge in [0.25, 0.3) is 0 Å². The Morgan fingerprint density at radius 3 is 2.94 bits per heavy atom. The van der Waals surface area contributed by atoms with E-state index < -0.39 is 0 Å². The summed E-state index contributed by atoms with van der Waals surface area (Å²) in [6.07, 6.45) is 7.07. The molecule has 0 saturated carbocycles. The molecule has 1 N–H and O–H groups in total. The molecule has 1 aromatic carbocycles. The Bertz CT molecular complexity index is 336. The Morgan fingerprint density at radius 1 is 1.28 bits per heavy atom. The summed E-state index contributed by atoms with van der Waals surface area (Å²) in [6, 6.07) is 8.87. The van der Waals surface area contributed by atoms with Gasteiger partial charge in [0.2, 0.25) is 0 Å². The van der Waals surface area contributed by atoms with Gasteiger partial charge in [-0.25, -0.2) is 0 Å². The fraction of sp³-hybridized carbons (Fsp3) is 0.500. The number of unbranched alkanes of at least 4 members (excludes halogenated alkanes) is 3. The summed E-state index contributed by atoms with van der Waals surface area (Å²) in [5, 5.41) is 3.36. The topological polar surface area (TPSA) is 12.0 Å². The van der Waals surface area contributed by atoms with Crippen LogP contribution >= 0.6 is 11.8 Å². The zero-order chi connectivity index (χ0) is 13.1. The number of thioether (sulfide) groups is 1. The summed E-state index contributed by atoms with van der Waals surface area (Å²) < 4.78 is 0. The van der Waals surface area contributed by atoms with Crippen LogP contribution in [0.2, 0.25) is 0 Å². The van der Waals surface area contributed by atoms with Gasteiger partial charge < -0.3 is 5.32 Å². The number of benzene rings is 1. The van der Waals surface area contributed by atoms with Crippen LogP contribution in [-0.4, -0.2) is 12.3 Å². The molecule has 0 aliphatic rings. The minimum absolute atomic E-state index is 0.976. The average Bonchev–Trinajstić information content (AvgIpc) is 2.41. The second-order valence-electron chi connectivity index (χ2n) is 4.41. The van der Waals surface area contributed by atoms with Crippen molar-refractivity contribution in [2.45, 2.75) is 44.0 Å². The van der Waals surface area contributed by atoms with E-state index in [1.807, 2.05) is 17.8 Å². The summed E-state index contributed by atoms with van der Waals surface area (Å²) in [7, 11) is 0. The van der Waals surface area contributed by atoms with E-state index in [-0.39, 0.29) is 0 Å². The lowest BCUT2D eigenvalue weighted by molar-refractivity contribution is 0.725. The fourth-order valence-corrected chi connectivity index (χ4v) is 2.77. The van der Waals surface area contributed by atoms with E-state index in [9.17, 15) is 0 Å². The van der Waals surface area contributed by atoms with Crippen molar-refractivity contribution in [1.29, 1.82) is 0 Å². The van der Waals surface area contributed by atoms with Crippen molar-refractivity contribution in [3.8, 4) is 0 Å². The highest BCUT2D eigenvalue weighted by molar-refractivity contribution is 7.99. The first-order valence-corrected chi connectivity index (χ1v) is 7.88. The summed E-state index contributed by atoms with van der Waals surface area (Å²) in [4.78, 5) is 1.40. The lowest BCUT2D eigenvalue weighted by Crippen LogP contribution is -2.11. The lowest BCUT2D eigenvalue weighted by Gasteiger charge is -2.05. The molecule has 0 aromatic heterocycles. The van der Waals surface area contributed by atoms with E-state index in [2.05, 4.69) is 43.1 Å². The molecule has 2 heteroatoms. The molecule has 0 heterocycles.